The van der Waals surface area contributed by atoms with E-state index in [1.807, 2.05) is 42.5 Å². The molecule has 110 valence electrons. The summed E-state index contributed by atoms with van der Waals surface area (Å²) in [5.74, 6) is 1.61. The number of benzene rings is 2. The highest BCUT2D eigenvalue weighted by atomic mass is 16.7. The number of aliphatic imine (C=N–C) groups is 1. The van der Waals surface area contributed by atoms with E-state index < -0.39 is 0 Å². The number of ether oxygens (including phenoxy) is 2. The summed E-state index contributed by atoms with van der Waals surface area (Å²) in [7, 11) is 0. The van der Waals surface area contributed by atoms with Crippen LogP contribution in [0.15, 0.2) is 47.5 Å². The first-order valence-electron chi connectivity index (χ1n) is 7.36. The van der Waals surface area contributed by atoms with Crippen molar-refractivity contribution in [3.63, 3.8) is 0 Å². The van der Waals surface area contributed by atoms with Gasteiger partial charge in [-0.2, -0.15) is 0 Å². The quantitative estimate of drug-likeness (QED) is 0.817. The standard InChI is InChI=1S/C18H15NO3/c20-16(12-4-2-1-3-5-12)10-15-14-9-18-17(21-11-22-18)8-13(14)6-7-19-15/h1-5,8-9H,6-7,10-11H2. The van der Waals surface area contributed by atoms with Crippen LogP contribution in [0, 0.1) is 0 Å². The maximum atomic E-state index is 12.4. The molecule has 2 aromatic rings. The fourth-order valence-electron chi connectivity index (χ4n) is 2.89. The van der Waals surface area contributed by atoms with Gasteiger partial charge in [0.25, 0.3) is 0 Å². The molecule has 0 unspecified atom stereocenters. The molecule has 4 nitrogen and oxygen atoms in total. The number of hydrogen-bond acceptors (Lipinski definition) is 4. The molecule has 0 N–H and O–H groups in total. The minimum Gasteiger partial charge on any atom is -0.454 e. The Morgan fingerprint density at radius 2 is 1.86 bits per heavy atom. The first-order valence-corrected chi connectivity index (χ1v) is 7.36. The van der Waals surface area contributed by atoms with Crippen LogP contribution in [0.3, 0.4) is 0 Å². The van der Waals surface area contributed by atoms with Gasteiger partial charge < -0.3 is 9.47 Å². The fraction of sp³-hybridized carbons (Fsp3) is 0.222. The summed E-state index contributed by atoms with van der Waals surface area (Å²) >= 11 is 0. The Kier molecular flexibility index (Phi) is 3.15. The molecular formula is C18H15NO3. The number of hydrogen-bond donors (Lipinski definition) is 0. The van der Waals surface area contributed by atoms with Crippen molar-refractivity contribution in [2.45, 2.75) is 12.8 Å². The molecule has 4 rings (SSSR count). The van der Waals surface area contributed by atoms with Crippen LogP contribution >= 0.6 is 0 Å². The van der Waals surface area contributed by atoms with Crippen LogP contribution in [0.2, 0.25) is 0 Å². The molecule has 0 saturated carbocycles. The van der Waals surface area contributed by atoms with Crippen molar-refractivity contribution in [1.82, 2.24) is 0 Å². The maximum Gasteiger partial charge on any atom is 0.231 e. The largest absolute Gasteiger partial charge is 0.454 e. The van der Waals surface area contributed by atoms with E-state index in [1.165, 1.54) is 5.56 Å². The van der Waals surface area contributed by atoms with E-state index in [4.69, 9.17) is 9.47 Å². The molecule has 22 heavy (non-hydrogen) atoms. The molecule has 2 aliphatic heterocycles. The van der Waals surface area contributed by atoms with Gasteiger partial charge in [0.1, 0.15) is 0 Å². The van der Waals surface area contributed by atoms with Crippen LogP contribution in [0.4, 0.5) is 0 Å². The zero-order chi connectivity index (χ0) is 14.9. The smallest absolute Gasteiger partial charge is 0.231 e. The number of ketones is 1. The average molecular weight is 293 g/mol. The molecule has 0 atom stereocenters. The van der Waals surface area contributed by atoms with Crippen LogP contribution in [0.25, 0.3) is 0 Å². The SMILES string of the molecule is O=C(CC1=NCCc2cc3c(cc21)OCO3)c1ccccc1. The van der Waals surface area contributed by atoms with E-state index in [-0.39, 0.29) is 12.6 Å². The van der Waals surface area contributed by atoms with Gasteiger partial charge in [-0.05, 0) is 24.1 Å². The van der Waals surface area contributed by atoms with Crippen molar-refractivity contribution in [2.24, 2.45) is 4.99 Å². The Morgan fingerprint density at radius 3 is 2.68 bits per heavy atom. The highest BCUT2D eigenvalue weighted by Gasteiger charge is 2.23. The maximum absolute atomic E-state index is 12.4. The van der Waals surface area contributed by atoms with Crippen molar-refractivity contribution in [3.8, 4) is 11.5 Å². The van der Waals surface area contributed by atoms with Crippen LogP contribution in [-0.2, 0) is 6.42 Å². The first-order chi connectivity index (χ1) is 10.8. The van der Waals surface area contributed by atoms with Gasteiger partial charge in [-0.3, -0.25) is 9.79 Å². The molecule has 0 saturated heterocycles. The minimum atomic E-state index is 0.0878. The van der Waals surface area contributed by atoms with Gasteiger partial charge in [0.2, 0.25) is 6.79 Å². The second-order valence-corrected chi connectivity index (χ2v) is 5.41. The van der Waals surface area contributed by atoms with Gasteiger partial charge in [0.15, 0.2) is 17.3 Å². The van der Waals surface area contributed by atoms with Crippen LogP contribution in [0.5, 0.6) is 11.5 Å². The molecule has 0 radical (unpaired) electrons. The number of rotatable bonds is 3. The third-order valence-electron chi connectivity index (χ3n) is 4.02. The van der Waals surface area contributed by atoms with Crippen molar-refractivity contribution >= 4 is 11.5 Å². The van der Waals surface area contributed by atoms with Crippen molar-refractivity contribution in [2.75, 3.05) is 13.3 Å². The van der Waals surface area contributed by atoms with E-state index in [9.17, 15) is 4.79 Å². The van der Waals surface area contributed by atoms with Gasteiger partial charge in [0.05, 0.1) is 12.1 Å². The van der Waals surface area contributed by atoms with Gasteiger partial charge >= 0.3 is 0 Å². The van der Waals surface area contributed by atoms with Crippen LogP contribution < -0.4 is 9.47 Å². The van der Waals surface area contributed by atoms with Gasteiger partial charge in [0, 0.05) is 17.7 Å². The van der Waals surface area contributed by atoms with Crippen molar-refractivity contribution in [3.05, 3.63) is 59.2 Å². The summed E-state index contributed by atoms with van der Waals surface area (Å²) in [5.41, 5.74) is 3.75. The summed E-state index contributed by atoms with van der Waals surface area (Å²) in [6.07, 6.45) is 1.19. The molecule has 0 amide bonds. The normalized spacial score (nSPS) is 15.2. The van der Waals surface area contributed by atoms with Crippen molar-refractivity contribution in [1.29, 1.82) is 0 Å². The molecule has 2 aromatic carbocycles. The Labute approximate surface area is 128 Å². The highest BCUT2D eigenvalue weighted by Crippen LogP contribution is 2.36. The highest BCUT2D eigenvalue weighted by molar-refractivity contribution is 6.16. The fourth-order valence-corrected chi connectivity index (χ4v) is 2.89. The van der Waals surface area contributed by atoms with E-state index in [2.05, 4.69) is 4.99 Å². The first kappa shape index (κ1) is 13.1. The Hall–Kier alpha value is -2.62. The monoisotopic (exact) mass is 293 g/mol. The predicted octanol–water partition coefficient (Wildman–Crippen LogP) is 3.03. The van der Waals surface area contributed by atoms with E-state index in [1.54, 1.807) is 0 Å². The summed E-state index contributed by atoms with van der Waals surface area (Å²) in [6, 6.07) is 13.3. The van der Waals surface area contributed by atoms with E-state index in [0.29, 0.717) is 13.0 Å². The molecule has 0 fully saturated rings. The van der Waals surface area contributed by atoms with Gasteiger partial charge in [-0.25, -0.2) is 0 Å². The molecule has 0 spiro atoms. The summed E-state index contributed by atoms with van der Waals surface area (Å²) in [4.78, 5) is 17.0. The van der Waals surface area contributed by atoms with Gasteiger partial charge in [-0.15, -0.1) is 0 Å². The molecule has 0 bridgehead atoms. The minimum absolute atomic E-state index is 0.0878. The van der Waals surface area contributed by atoms with Crippen molar-refractivity contribution < 1.29 is 14.3 Å². The third kappa shape index (κ3) is 2.26. The summed E-state index contributed by atoms with van der Waals surface area (Å²) in [6.45, 7) is 0.970. The Morgan fingerprint density at radius 1 is 1.09 bits per heavy atom. The van der Waals surface area contributed by atoms with E-state index in [0.717, 1.165) is 34.8 Å². The van der Waals surface area contributed by atoms with Gasteiger partial charge in [-0.1, -0.05) is 30.3 Å². The molecule has 2 aliphatic rings. The summed E-state index contributed by atoms with van der Waals surface area (Å²) in [5, 5.41) is 0. The third-order valence-corrected chi connectivity index (χ3v) is 4.02. The zero-order valence-corrected chi connectivity index (χ0v) is 12.0. The Balaban J connectivity index is 1.64. The lowest BCUT2D eigenvalue weighted by Crippen LogP contribution is -2.17. The second-order valence-electron chi connectivity index (χ2n) is 5.41. The van der Waals surface area contributed by atoms with Crippen LogP contribution in [-0.4, -0.2) is 24.8 Å². The number of nitrogens with zero attached hydrogens (tertiary/aromatic N) is 1. The second kappa shape index (κ2) is 5.30. The molecular weight excluding hydrogens is 278 g/mol. The number of carbonyl (C=O) groups is 1. The zero-order valence-electron chi connectivity index (χ0n) is 12.0. The molecule has 0 aromatic heterocycles. The molecule has 2 heterocycles. The summed E-state index contributed by atoms with van der Waals surface area (Å²) < 4.78 is 10.9. The number of Topliss-reactive ketones (excluding diaryl/α,β-unsaturated/α-hetero) is 1. The molecule has 0 aliphatic carbocycles. The average Bonchev–Trinajstić information content (AvgIpc) is 3.01. The Bertz CT molecular complexity index is 765. The lowest BCUT2D eigenvalue weighted by molar-refractivity contribution is 0.100. The lowest BCUT2D eigenvalue weighted by Gasteiger charge is -2.17. The molecule has 4 heteroatoms. The van der Waals surface area contributed by atoms with Crippen LogP contribution in [0.1, 0.15) is 27.9 Å². The topological polar surface area (TPSA) is 47.9 Å². The van der Waals surface area contributed by atoms with E-state index >= 15 is 0 Å². The predicted molar refractivity (Wildman–Crippen MR) is 83.1 cm³/mol. The number of carbonyl (C=O) groups excluding carboxylic acids is 1. The number of fused-ring (bicyclic) bond motifs is 2. The lowest BCUT2D eigenvalue weighted by atomic mass is 9.93.